The molecule has 1 aromatic carbocycles. The van der Waals surface area contributed by atoms with Gasteiger partial charge in [-0.05, 0) is 19.1 Å². The summed E-state index contributed by atoms with van der Waals surface area (Å²) in [7, 11) is 0. The second-order valence-electron chi connectivity index (χ2n) is 5.73. The molecule has 21 heavy (non-hydrogen) atoms. The number of likely N-dealkylation sites (tertiary alicyclic amines) is 1. The van der Waals surface area contributed by atoms with Gasteiger partial charge in [0.25, 0.3) is 0 Å². The van der Waals surface area contributed by atoms with Gasteiger partial charge in [-0.15, -0.1) is 0 Å². The molecule has 1 aromatic rings. The maximum atomic E-state index is 12.1. The fraction of sp³-hybridized carbons (Fsp3) is 0.588. The van der Waals surface area contributed by atoms with Gasteiger partial charge >= 0.3 is 5.97 Å². The van der Waals surface area contributed by atoms with Crippen molar-refractivity contribution >= 4 is 5.97 Å². The minimum absolute atomic E-state index is 0.0357. The number of ether oxygens (including phenoxy) is 2. The van der Waals surface area contributed by atoms with Crippen LogP contribution in [0.15, 0.2) is 30.3 Å². The van der Waals surface area contributed by atoms with Crippen molar-refractivity contribution in [2.45, 2.75) is 26.4 Å². The molecule has 4 nitrogen and oxygen atoms in total. The van der Waals surface area contributed by atoms with Crippen LogP contribution in [-0.4, -0.2) is 44.9 Å². The monoisotopic (exact) mass is 292 g/mol. The lowest BCUT2D eigenvalue weighted by molar-refractivity contribution is -0.910. The molecule has 0 saturated carbocycles. The highest BCUT2D eigenvalue weighted by Gasteiger charge is 2.31. The molecule has 3 atom stereocenters. The van der Waals surface area contributed by atoms with E-state index in [1.54, 1.807) is 17.0 Å². The van der Waals surface area contributed by atoms with Crippen LogP contribution >= 0.6 is 0 Å². The first kappa shape index (κ1) is 16.0. The maximum absolute atomic E-state index is 12.1. The Labute approximate surface area is 127 Å². The summed E-state index contributed by atoms with van der Waals surface area (Å²) in [6.07, 6.45) is 0.967. The molecule has 116 valence electrons. The van der Waals surface area contributed by atoms with Gasteiger partial charge in [0.2, 0.25) is 0 Å². The molecule has 1 unspecified atom stereocenters. The molecule has 0 amide bonds. The SMILES string of the molecule is CCOCC[NH+]1CC[C@H](OC(=O)c2ccccc2)[C@H](C)C1. The standard InChI is InChI=1S/C17H25NO3/c1-3-20-12-11-18-10-9-16(14(2)13-18)21-17(19)15-7-5-4-6-8-15/h4-8,14,16H,3,9-13H2,1-2H3/p+1/t14-,16+/m1/s1. The topological polar surface area (TPSA) is 40.0 Å². The van der Waals surface area contributed by atoms with Gasteiger partial charge < -0.3 is 14.4 Å². The zero-order chi connectivity index (χ0) is 15.1. The summed E-state index contributed by atoms with van der Waals surface area (Å²) in [5.74, 6) is 0.188. The molecule has 4 heteroatoms. The quantitative estimate of drug-likeness (QED) is 0.632. The Balaban J connectivity index is 1.79. The highest BCUT2D eigenvalue weighted by atomic mass is 16.5. The van der Waals surface area contributed by atoms with Crippen molar-refractivity contribution < 1.29 is 19.2 Å². The molecule has 2 rings (SSSR count). The zero-order valence-electron chi connectivity index (χ0n) is 13.0. The Morgan fingerprint density at radius 3 is 2.76 bits per heavy atom. The summed E-state index contributed by atoms with van der Waals surface area (Å²) in [6.45, 7) is 8.91. The minimum Gasteiger partial charge on any atom is -0.458 e. The van der Waals surface area contributed by atoms with Crippen molar-refractivity contribution in [1.82, 2.24) is 0 Å². The van der Waals surface area contributed by atoms with Crippen molar-refractivity contribution in [3.05, 3.63) is 35.9 Å². The summed E-state index contributed by atoms with van der Waals surface area (Å²) >= 11 is 0. The van der Waals surface area contributed by atoms with E-state index in [0.29, 0.717) is 11.5 Å². The Hall–Kier alpha value is -1.39. The molecule has 0 aromatic heterocycles. The smallest absolute Gasteiger partial charge is 0.338 e. The minimum atomic E-state index is -0.204. The van der Waals surface area contributed by atoms with E-state index in [0.717, 1.165) is 39.3 Å². The molecule has 1 heterocycles. The average molecular weight is 292 g/mol. The van der Waals surface area contributed by atoms with Gasteiger partial charge in [0, 0.05) is 18.9 Å². The van der Waals surface area contributed by atoms with Crippen molar-refractivity contribution in [2.75, 3.05) is 32.8 Å². The summed E-state index contributed by atoms with van der Waals surface area (Å²) < 4.78 is 11.1. The Morgan fingerprint density at radius 2 is 2.10 bits per heavy atom. The molecule has 1 fully saturated rings. The molecule has 1 aliphatic rings. The Kier molecular flexibility index (Phi) is 6.21. The van der Waals surface area contributed by atoms with Gasteiger partial charge in [-0.3, -0.25) is 0 Å². The number of carbonyl (C=O) groups excluding carboxylic acids is 1. The second kappa shape index (κ2) is 8.15. The fourth-order valence-corrected chi connectivity index (χ4v) is 2.86. The third-order valence-corrected chi connectivity index (χ3v) is 4.10. The zero-order valence-corrected chi connectivity index (χ0v) is 13.0. The number of esters is 1. The highest BCUT2D eigenvalue weighted by molar-refractivity contribution is 5.89. The van der Waals surface area contributed by atoms with Gasteiger partial charge in [-0.1, -0.05) is 25.1 Å². The highest BCUT2D eigenvalue weighted by Crippen LogP contribution is 2.15. The van der Waals surface area contributed by atoms with Crippen molar-refractivity contribution in [3.63, 3.8) is 0 Å². The molecular formula is C17H26NO3+. The van der Waals surface area contributed by atoms with Crippen LogP contribution in [0.2, 0.25) is 0 Å². The molecule has 0 bridgehead atoms. The predicted molar refractivity (Wildman–Crippen MR) is 81.5 cm³/mol. The third kappa shape index (κ3) is 4.83. The number of hydrogen-bond donors (Lipinski definition) is 1. The van der Waals surface area contributed by atoms with Crippen LogP contribution in [0, 0.1) is 5.92 Å². The molecule has 1 aliphatic heterocycles. The van der Waals surface area contributed by atoms with Gasteiger partial charge in [0.15, 0.2) is 0 Å². The van der Waals surface area contributed by atoms with Crippen LogP contribution in [-0.2, 0) is 9.47 Å². The van der Waals surface area contributed by atoms with E-state index >= 15 is 0 Å². The number of nitrogens with one attached hydrogen (secondary N) is 1. The molecule has 0 radical (unpaired) electrons. The number of benzene rings is 1. The van der Waals surface area contributed by atoms with Crippen LogP contribution in [0.3, 0.4) is 0 Å². The molecular weight excluding hydrogens is 266 g/mol. The molecule has 0 aliphatic carbocycles. The van der Waals surface area contributed by atoms with Crippen molar-refractivity contribution in [1.29, 1.82) is 0 Å². The van der Waals surface area contributed by atoms with Gasteiger partial charge in [-0.2, -0.15) is 0 Å². The van der Waals surface area contributed by atoms with Gasteiger partial charge in [0.05, 0.1) is 25.3 Å². The van der Waals surface area contributed by atoms with Crippen LogP contribution in [0.1, 0.15) is 30.6 Å². The van der Waals surface area contributed by atoms with E-state index in [-0.39, 0.29) is 12.1 Å². The van der Waals surface area contributed by atoms with Crippen LogP contribution < -0.4 is 4.90 Å². The van der Waals surface area contributed by atoms with Gasteiger partial charge in [0.1, 0.15) is 12.6 Å². The predicted octanol–water partition coefficient (Wildman–Crippen LogP) is 1.17. The summed E-state index contributed by atoms with van der Waals surface area (Å²) in [6, 6.07) is 9.23. The first-order valence-electron chi connectivity index (χ1n) is 7.88. The van der Waals surface area contributed by atoms with Crippen molar-refractivity contribution in [3.8, 4) is 0 Å². The Bertz CT molecular complexity index is 435. The lowest BCUT2D eigenvalue weighted by Gasteiger charge is -2.33. The number of quaternary nitrogens is 1. The van der Waals surface area contributed by atoms with Crippen LogP contribution in [0.25, 0.3) is 0 Å². The lowest BCUT2D eigenvalue weighted by Crippen LogP contribution is -3.14. The number of carbonyl (C=O) groups is 1. The molecule has 1 saturated heterocycles. The summed E-state index contributed by atoms with van der Waals surface area (Å²) in [5, 5.41) is 0. The Morgan fingerprint density at radius 1 is 1.33 bits per heavy atom. The largest absolute Gasteiger partial charge is 0.458 e. The molecule has 1 N–H and O–H groups in total. The first-order chi connectivity index (χ1) is 10.2. The first-order valence-corrected chi connectivity index (χ1v) is 7.88. The lowest BCUT2D eigenvalue weighted by atomic mass is 9.96. The van der Waals surface area contributed by atoms with Gasteiger partial charge in [-0.25, -0.2) is 4.79 Å². The van der Waals surface area contributed by atoms with Crippen LogP contribution in [0.4, 0.5) is 0 Å². The van der Waals surface area contributed by atoms with E-state index in [1.807, 2.05) is 25.1 Å². The summed E-state index contributed by atoms with van der Waals surface area (Å²) in [5.41, 5.74) is 0.635. The number of piperidine rings is 1. The molecule has 0 spiro atoms. The normalized spacial score (nSPS) is 25.5. The van der Waals surface area contributed by atoms with E-state index in [2.05, 4.69) is 6.92 Å². The summed E-state index contributed by atoms with van der Waals surface area (Å²) in [4.78, 5) is 13.6. The fourth-order valence-electron chi connectivity index (χ4n) is 2.86. The maximum Gasteiger partial charge on any atom is 0.338 e. The third-order valence-electron chi connectivity index (χ3n) is 4.10. The second-order valence-corrected chi connectivity index (χ2v) is 5.73. The van der Waals surface area contributed by atoms with E-state index < -0.39 is 0 Å². The van der Waals surface area contributed by atoms with Crippen LogP contribution in [0.5, 0.6) is 0 Å². The van der Waals surface area contributed by atoms with E-state index in [1.165, 1.54) is 0 Å². The number of rotatable bonds is 6. The van der Waals surface area contributed by atoms with Crippen molar-refractivity contribution in [2.24, 2.45) is 5.92 Å². The number of hydrogen-bond acceptors (Lipinski definition) is 3. The van der Waals surface area contributed by atoms with E-state index in [9.17, 15) is 4.79 Å². The average Bonchev–Trinajstić information content (AvgIpc) is 2.51. The van der Waals surface area contributed by atoms with E-state index in [4.69, 9.17) is 9.47 Å².